The fourth-order valence-electron chi connectivity index (χ4n) is 3.54. The van der Waals surface area contributed by atoms with Crippen LogP contribution in [0.2, 0.25) is 0 Å². The number of likely N-dealkylation sites (tertiary alicyclic amines) is 1. The van der Waals surface area contributed by atoms with Crippen molar-refractivity contribution in [2.75, 3.05) is 26.2 Å². The number of thiophene rings is 1. The van der Waals surface area contributed by atoms with E-state index >= 15 is 0 Å². The van der Waals surface area contributed by atoms with Crippen LogP contribution in [0, 0.1) is 0 Å². The number of nitrogens with zero attached hydrogens (tertiary/aromatic N) is 2. The van der Waals surface area contributed by atoms with E-state index < -0.39 is 0 Å². The molecule has 3 heterocycles. The number of carbonyl (C=O) groups excluding carboxylic acids is 2. The number of hydrogen-bond acceptors (Lipinski definition) is 4. The Morgan fingerprint density at radius 3 is 2.91 bits per heavy atom. The van der Waals surface area contributed by atoms with Gasteiger partial charge in [-0.3, -0.25) is 14.5 Å². The minimum absolute atomic E-state index is 0.112. The summed E-state index contributed by atoms with van der Waals surface area (Å²) in [6.45, 7) is 7.33. The highest BCUT2D eigenvalue weighted by molar-refractivity contribution is 7.10. The van der Waals surface area contributed by atoms with Crippen LogP contribution in [0.5, 0.6) is 0 Å². The smallest absolute Gasteiger partial charge is 0.227 e. The van der Waals surface area contributed by atoms with Crippen LogP contribution in [0.3, 0.4) is 0 Å². The molecule has 0 radical (unpaired) electrons. The average molecular weight is 335 g/mol. The van der Waals surface area contributed by atoms with Gasteiger partial charge in [-0.2, -0.15) is 0 Å². The molecule has 3 rings (SSSR count). The summed E-state index contributed by atoms with van der Waals surface area (Å²) < 4.78 is 0. The number of hydrogen-bond donors (Lipinski definition) is 1. The molecule has 5 nitrogen and oxygen atoms in total. The zero-order chi connectivity index (χ0) is 16.4. The van der Waals surface area contributed by atoms with Crippen LogP contribution < -0.4 is 5.32 Å². The third-order valence-corrected chi connectivity index (χ3v) is 5.76. The van der Waals surface area contributed by atoms with E-state index in [2.05, 4.69) is 24.1 Å². The lowest BCUT2D eigenvalue weighted by atomic mass is 9.97. The summed E-state index contributed by atoms with van der Waals surface area (Å²) >= 11 is 1.62. The van der Waals surface area contributed by atoms with E-state index in [1.807, 2.05) is 22.4 Å². The third kappa shape index (κ3) is 3.75. The lowest BCUT2D eigenvalue weighted by molar-refractivity contribution is -0.130. The second-order valence-electron chi connectivity index (χ2n) is 6.96. The number of nitrogens with one attached hydrogen (secondary N) is 1. The van der Waals surface area contributed by atoms with Gasteiger partial charge in [-0.15, -0.1) is 11.3 Å². The van der Waals surface area contributed by atoms with Crippen molar-refractivity contribution < 1.29 is 9.59 Å². The molecule has 2 aliphatic heterocycles. The summed E-state index contributed by atoms with van der Waals surface area (Å²) in [5.41, 5.74) is -0.275. The summed E-state index contributed by atoms with van der Waals surface area (Å²) in [6.07, 6.45) is 1.86. The average Bonchev–Trinajstić information content (AvgIpc) is 3.09. The monoisotopic (exact) mass is 335 g/mol. The van der Waals surface area contributed by atoms with Gasteiger partial charge in [0.2, 0.25) is 11.8 Å². The highest BCUT2D eigenvalue weighted by Crippen LogP contribution is 2.26. The summed E-state index contributed by atoms with van der Waals surface area (Å²) in [6, 6.07) is 4.39. The van der Waals surface area contributed by atoms with Gasteiger partial charge in [-0.1, -0.05) is 6.07 Å². The Labute approximate surface area is 141 Å². The van der Waals surface area contributed by atoms with Gasteiger partial charge in [0.25, 0.3) is 0 Å². The van der Waals surface area contributed by atoms with Crippen molar-refractivity contribution in [3.8, 4) is 0 Å². The molecule has 2 aliphatic rings. The Balaban J connectivity index is 1.68. The second-order valence-corrected chi connectivity index (χ2v) is 8.00. The molecule has 1 atom stereocenters. The molecule has 2 saturated heterocycles. The van der Waals surface area contributed by atoms with Gasteiger partial charge in [0, 0.05) is 43.5 Å². The zero-order valence-electron chi connectivity index (χ0n) is 13.9. The first-order chi connectivity index (χ1) is 11.0. The Morgan fingerprint density at radius 1 is 1.39 bits per heavy atom. The van der Waals surface area contributed by atoms with E-state index in [9.17, 15) is 9.59 Å². The fraction of sp³-hybridized carbons (Fsp3) is 0.647. The maximum absolute atomic E-state index is 12.5. The lowest BCUT2D eigenvalue weighted by Crippen LogP contribution is -2.56. The predicted octanol–water partition coefficient (Wildman–Crippen LogP) is 1.49. The molecule has 0 saturated carbocycles. The first kappa shape index (κ1) is 16.5. The largest absolute Gasteiger partial charge is 0.347 e. The molecule has 0 bridgehead atoms. The van der Waals surface area contributed by atoms with Crippen molar-refractivity contribution in [3.63, 3.8) is 0 Å². The van der Waals surface area contributed by atoms with Crippen LogP contribution in [-0.4, -0.2) is 59.4 Å². The van der Waals surface area contributed by atoms with E-state index in [1.54, 1.807) is 11.3 Å². The first-order valence-electron chi connectivity index (χ1n) is 8.33. The molecule has 1 aromatic rings. The van der Waals surface area contributed by atoms with Crippen LogP contribution in [0.25, 0.3) is 0 Å². The fourth-order valence-corrected chi connectivity index (χ4v) is 4.24. The third-order valence-electron chi connectivity index (χ3n) is 4.88. The van der Waals surface area contributed by atoms with Gasteiger partial charge in [-0.05, 0) is 31.7 Å². The molecule has 23 heavy (non-hydrogen) atoms. The van der Waals surface area contributed by atoms with Crippen LogP contribution in [0.1, 0.15) is 31.6 Å². The van der Waals surface area contributed by atoms with Crippen LogP contribution in [0.15, 0.2) is 17.5 Å². The first-order valence-corrected chi connectivity index (χ1v) is 9.21. The normalized spacial score (nSPS) is 25.9. The van der Waals surface area contributed by atoms with Crippen molar-refractivity contribution in [2.45, 2.75) is 44.7 Å². The topological polar surface area (TPSA) is 52.7 Å². The summed E-state index contributed by atoms with van der Waals surface area (Å²) in [4.78, 5) is 30.0. The van der Waals surface area contributed by atoms with Gasteiger partial charge in [0.05, 0.1) is 12.0 Å². The molecule has 126 valence electrons. The molecule has 2 amide bonds. The van der Waals surface area contributed by atoms with Crippen molar-refractivity contribution in [1.82, 2.24) is 15.1 Å². The van der Waals surface area contributed by atoms with Crippen molar-refractivity contribution in [1.29, 1.82) is 0 Å². The minimum Gasteiger partial charge on any atom is -0.347 e. The molecule has 6 heteroatoms. The highest BCUT2D eigenvalue weighted by Gasteiger charge is 2.43. The van der Waals surface area contributed by atoms with Crippen LogP contribution in [0.4, 0.5) is 0 Å². The maximum atomic E-state index is 12.5. The minimum atomic E-state index is -0.275. The maximum Gasteiger partial charge on any atom is 0.227 e. The quantitative estimate of drug-likeness (QED) is 0.911. The van der Waals surface area contributed by atoms with Gasteiger partial charge in [0.1, 0.15) is 0 Å². The number of rotatable bonds is 3. The van der Waals surface area contributed by atoms with E-state index in [-0.39, 0.29) is 17.4 Å². The predicted molar refractivity (Wildman–Crippen MR) is 91.4 cm³/mol. The highest BCUT2D eigenvalue weighted by atomic mass is 32.1. The molecule has 0 aromatic carbocycles. The van der Waals surface area contributed by atoms with Gasteiger partial charge < -0.3 is 10.2 Å². The Hall–Kier alpha value is -1.40. The van der Waals surface area contributed by atoms with Crippen LogP contribution >= 0.6 is 11.3 Å². The van der Waals surface area contributed by atoms with E-state index in [0.29, 0.717) is 25.4 Å². The summed E-state index contributed by atoms with van der Waals surface area (Å²) in [7, 11) is 0. The molecule has 0 aliphatic carbocycles. The molecule has 2 fully saturated rings. The van der Waals surface area contributed by atoms with Gasteiger partial charge >= 0.3 is 0 Å². The molecular formula is C17H25N3O2S. The zero-order valence-corrected chi connectivity index (χ0v) is 14.7. The van der Waals surface area contributed by atoms with E-state index in [4.69, 9.17) is 0 Å². The molecule has 1 aromatic heterocycles. The Morgan fingerprint density at radius 2 is 2.22 bits per heavy atom. The van der Waals surface area contributed by atoms with Gasteiger partial charge in [0.15, 0.2) is 0 Å². The number of carbonyl (C=O) groups is 2. The molecular weight excluding hydrogens is 310 g/mol. The number of amides is 2. The van der Waals surface area contributed by atoms with Crippen molar-refractivity contribution in [2.24, 2.45) is 0 Å². The SMILES string of the molecule is CC(C)N1CCC(=O)NC2(CCN(C(=O)Cc3cccs3)C2)C1. The summed E-state index contributed by atoms with van der Waals surface area (Å²) in [5.74, 6) is 0.277. The Kier molecular flexibility index (Phi) is 4.73. The van der Waals surface area contributed by atoms with Gasteiger partial charge in [-0.25, -0.2) is 0 Å². The molecule has 1 unspecified atom stereocenters. The van der Waals surface area contributed by atoms with Crippen molar-refractivity contribution in [3.05, 3.63) is 22.4 Å². The van der Waals surface area contributed by atoms with Crippen LogP contribution in [-0.2, 0) is 16.0 Å². The Bertz CT molecular complexity index is 572. The second kappa shape index (κ2) is 6.61. The summed E-state index contributed by atoms with van der Waals surface area (Å²) in [5, 5.41) is 5.21. The van der Waals surface area contributed by atoms with E-state index in [0.717, 1.165) is 30.9 Å². The lowest BCUT2D eigenvalue weighted by Gasteiger charge is -2.35. The standard InChI is InChI=1S/C17H25N3O2S/c1-13(2)19-7-5-15(21)18-17(11-19)6-8-20(12-17)16(22)10-14-4-3-9-23-14/h3-4,9,13H,5-8,10-12H2,1-2H3,(H,18,21). The van der Waals surface area contributed by atoms with Crippen molar-refractivity contribution >= 4 is 23.2 Å². The van der Waals surface area contributed by atoms with E-state index in [1.165, 1.54) is 0 Å². The molecule has 1 spiro atoms. The molecule has 1 N–H and O–H groups in total.